The molecule has 0 aliphatic carbocycles. The Labute approximate surface area is 89.2 Å². The van der Waals surface area contributed by atoms with E-state index in [1.807, 2.05) is 6.92 Å². The molecule has 0 aliphatic rings. The molecule has 0 amide bonds. The van der Waals surface area contributed by atoms with Gasteiger partial charge in [-0.1, -0.05) is 6.92 Å². The van der Waals surface area contributed by atoms with Gasteiger partial charge in [-0.25, -0.2) is 4.98 Å². The molecule has 1 unspecified atom stereocenters. The van der Waals surface area contributed by atoms with Crippen LogP contribution in [0.4, 0.5) is 0 Å². The van der Waals surface area contributed by atoms with Crippen molar-refractivity contribution in [2.75, 3.05) is 6.54 Å². The van der Waals surface area contributed by atoms with E-state index < -0.39 is 0 Å². The molecule has 0 bridgehead atoms. The van der Waals surface area contributed by atoms with Crippen LogP contribution in [0.2, 0.25) is 0 Å². The summed E-state index contributed by atoms with van der Waals surface area (Å²) in [5, 5.41) is 13.2. The SMILES string of the molecule is CCCNC(C)c1sc(CO)nc1C. The number of aryl methyl sites for hydroxylation is 1. The van der Waals surface area contributed by atoms with E-state index in [4.69, 9.17) is 5.11 Å². The van der Waals surface area contributed by atoms with Gasteiger partial charge in [-0.15, -0.1) is 11.3 Å². The summed E-state index contributed by atoms with van der Waals surface area (Å²) in [7, 11) is 0. The van der Waals surface area contributed by atoms with Crippen LogP contribution in [0.3, 0.4) is 0 Å². The fourth-order valence-corrected chi connectivity index (χ4v) is 2.34. The molecule has 0 fully saturated rings. The minimum atomic E-state index is 0.0476. The van der Waals surface area contributed by atoms with Crippen molar-refractivity contribution in [2.24, 2.45) is 0 Å². The second kappa shape index (κ2) is 5.44. The number of nitrogens with one attached hydrogen (secondary N) is 1. The summed E-state index contributed by atoms with van der Waals surface area (Å²) in [5.41, 5.74) is 1.04. The van der Waals surface area contributed by atoms with Gasteiger partial charge in [0.25, 0.3) is 0 Å². The Morgan fingerprint density at radius 1 is 1.57 bits per heavy atom. The molecule has 2 N–H and O–H groups in total. The monoisotopic (exact) mass is 214 g/mol. The van der Waals surface area contributed by atoms with Gasteiger partial charge in [0.05, 0.1) is 12.3 Å². The van der Waals surface area contributed by atoms with Crippen LogP contribution in [0.5, 0.6) is 0 Å². The zero-order chi connectivity index (χ0) is 10.6. The molecule has 1 rings (SSSR count). The molecule has 1 aromatic heterocycles. The van der Waals surface area contributed by atoms with E-state index in [1.54, 1.807) is 11.3 Å². The first-order valence-corrected chi connectivity index (χ1v) is 5.81. The molecule has 4 heteroatoms. The summed E-state index contributed by atoms with van der Waals surface area (Å²) in [6, 6.07) is 0.341. The van der Waals surface area contributed by atoms with Gasteiger partial charge in [0, 0.05) is 10.9 Å². The summed E-state index contributed by atoms with van der Waals surface area (Å²) >= 11 is 1.59. The van der Waals surface area contributed by atoms with E-state index in [0.29, 0.717) is 6.04 Å². The Morgan fingerprint density at radius 3 is 2.79 bits per heavy atom. The number of aliphatic hydroxyl groups excluding tert-OH is 1. The average Bonchev–Trinajstić information content (AvgIpc) is 2.56. The largest absolute Gasteiger partial charge is 0.389 e. The van der Waals surface area contributed by atoms with E-state index in [1.165, 1.54) is 4.88 Å². The molecule has 1 atom stereocenters. The molecule has 14 heavy (non-hydrogen) atoms. The van der Waals surface area contributed by atoms with E-state index in [0.717, 1.165) is 23.7 Å². The summed E-state index contributed by atoms with van der Waals surface area (Å²) in [6.07, 6.45) is 1.13. The van der Waals surface area contributed by atoms with E-state index in [9.17, 15) is 0 Å². The van der Waals surface area contributed by atoms with E-state index in [-0.39, 0.29) is 6.61 Å². The lowest BCUT2D eigenvalue weighted by Gasteiger charge is -2.11. The Balaban J connectivity index is 2.68. The minimum Gasteiger partial charge on any atom is -0.389 e. The number of nitrogens with zero attached hydrogens (tertiary/aromatic N) is 1. The van der Waals surface area contributed by atoms with Crippen molar-refractivity contribution >= 4 is 11.3 Å². The summed E-state index contributed by atoms with van der Waals surface area (Å²) in [4.78, 5) is 5.53. The van der Waals surface area contributed by atoms with Crippen molar-refractivity contribution in [3.05, 3.63) is 15.6 Å². The fraction of sp³-hybridized carbons (Fsp3) is 0.700. The molecule has 80 valence electrons. The second-order valence-electron chi connectivity index (χ2n) is 3.39. The van der Waals surface area contributed by atoms with Crippen LogP contribution in [-0.4, -0.2) is 16.6 Å². The third-order valence-corrected chi connectivity index (χ3v) is 3.43. The Morgan fingerprint density at radius 2 is 2.29 bits per heavy atom. The van der Waals surface area contributed by atoms with Crippen molar-refractivity contribution in [1.82, 2.24) is 10.3 Å². The molecule has 1 heterocycles. The normalized spacial score (nSPS) is 13.1. The van der Waals surface area contributed by atoms with Crippen molar-refractivity contribution in [3.8, 4) is 0 Å². The summed E-state index contributed by atoms with van der Waals surface area (Å²) < 4.78 is 0. The first-order valence-electron chi connectivity index (χ1n) is 4.99. The third kappa shape index (κ3) is 2.77. The predicted molar refractivity (Wildman–Crippen MR) is 59.5 cm³/mol. The molecule has 0 spiro atoms. The van der Waals surface area contributed by atoms with Crippen molar-refractivity contribution in [2.45, 2.75) is 39.8 Å². The highest BCUT2D eigenvalue weighted by molar-refractivity contribution is 7.11. The lowest BCUT2D eigenvalue weighted by atomic mass is 10.2. The zero-order valence-corrected chi connectivity index (χ0v) is 9.82. The van der Waals surface area contributed by atoms with E-state index >= 15 is 0 Å². The second-order valence-corrected chi connectivity index (χ2v) is 4.51. The molecule has 0 saturated heterocycles. The smallest absolute Gasteiger partial charge is 0.119 e. The van der Waals surface area contributed by atoms with Crippen molar-refractivity contribution < 1.29 is 5.11 Å². The maximum Gasteiger partial charge on any atom is 0.119 e. The number of rotatable bonds is 5. The fourth-order valence-electron chi connectivity index (χ4n) is 1.39. The Bertz CT molecular complexity index is 286. The van der Waals surface area contributed by atoms with Gasteiger partial charge in [0.1, 0.15) is 5.01 Å². The van der Waals surface area contributed by atoms with Crippen LogP contribution in [0, 0.1) is 6.92 Å². The Kier molecular flexibility index (Phi) is 4.51. The number of aromatic nitrogens is 1. The van der Waals surface area contributed by atoms with Gasteiger partial charge in [-0.2, -0.15) is 0 Å². The van der Waals surface area contributed by atoms with Gasteiger partial charge in [-0.05, 0) is 26.8 Å². The maximum absolute atomic E-state index is 8.96. The Hall–Kier alpha value is -0.450. The predicted octanol–water partition coefficient (Wildman–Crippen LogP) is 2.00. The lowest BCUT2D eigenvalue weighted by Crippen LogP contribution is -2.18. The molecule has 0 radical (unpaired) electrons. The third-order valence-electron chi connectivity index (χ3n) is 2.11. The van der Waals surface area contributed by atoms with Gasteiger partial charge in [0.15, 0.2) is 0 Å². The van der Waals surface area contributed by atoms with Crippen molar-refractivity contribution in [1.29, 1.82) is 0 Å². The first-order chi connectivity index (χ1) is 6.69. The zero-order valence-electron chi connectivity index (χ0n) is 9.00. The number of aliphatic hydroxyl groups is 1. The minimum absolute atomic E-state index is 0.0476. The van der Waals surface area contributed by atoms with Crippen LogP contribution in [0.1, 0.15) is 41.9 Å². The first kappa shape index (κ1) is 11.6. The number of thiazole rings is 1. The maximum atomic E-state index is 8.96. The molecule has 0 aromatic carbocycles. The average molecular weight is 214 g/mol. The molecule has 1 aromatic rings. The summed E-state index contributed by atoms with van der Waals surface area (Å²) in [6.45, 7) is 7.35. The van der Waals surface area contributed by atoms with Crippen LogP contribution in [-0.2, 0) is 6.61 Å². The van der Waals surface area contributed by atoms with Crippen LogP contribution in [0.15, 0.2) is 0 Å². The van der Waals surface area contributed by atoms with Crippen LogP contribution >= 0.6 is 11.3 Å². The van der Waals surface area contributed by atoms with Gasteiger partial charge < -0.3 is 10.4 Å². The number of hydrogen-bond donors (Lipinski definition) is 2. The lowest BCUT2D eigenvalue weighted by molar-refractivity contribution is 0.281. The molecular weight excluding hydrogens is 196 g/mol. The molecule has 0 saturated carbocycles. The van der Waals surface area contributed by atoms with Gasteiger partial charge >= 0.3 is 0 Å². The molecular formula is C10H18N2OS. The quantitative estimate of drug-likeness (QED) is 0.788. The van der Waals surface area contributed by atoms with E-state index in [2.05, 4.69) is 24.1 Å². The standard InChI is InChI=1S/C10H18N2OS/c1-4-5-11-7(2)10-8(3)12-9(6-13)14-10/h7,11,13H,4-6H2,1-3H3. The van der Waals surface area contributed by atoms with Gasteiger partial charge in [0.2, 0.25) is 0 Å². The highest BCUT2D eigenvalue weighted by atomic mass is 32.1. The highest BCUT2D eigenvalue weighted by Gasteiger charge is 2.12. The summed E-state index contributed by atoms with van der Waals surface area (Å²) in [5.74, 6) is 0. The molecule has 0 aliphatic heterocycles. The topological polar surface area (TPSA) is 45.1 Å². The molecule has 3 nitrogen and oxygen atoms in total. The van der Waals surface area contributed by atoms with Crippen LogP contribution in [0.25, 0.3) is 0 Å². The van der Waals surface area contributed by atoms with Crippen LogP contribution < -0.4 is 5.32 Å². The van der Waals surface area contributed by atoms with Gasteiger partial charge in [-0.3, -0.25) is 0 Å². The highest BCUT2D eigenvalue weighted by Crippen LogP contribution is 2.24. The number of hydrogen-bond acceptors (Lipinski definition) is 4. The van der Waals surface area contributed by atoms with Crippen molar-refractivity contribution in [3.63, 3.8) is 0 Å².